The van der Waals surface area contributed by atoms with Crippen molar-refractivity contribution in [3.05, 3.63) is 21.3 Å². The fourth-order valence-corrected chi connectivity index (χ4v) is 5.33. The molecule has 3 atom stereocenters. The predicted molar refractivity (Wildman–Crippen MR) is 84.3 cm³/mol. The molecule has 3 unspecified atom stereocenters. The van der Waals surface area contributed by atoms with Gasteiger partial charge in [-0.3, -0.25) is 4.79 Å². The van der Waals surface area contributed by atoms with Crippen molar-refractivity contribution in [1.82, 2.24) is 4.90 Å². The fraction of sp³-hybridized carbons (Fsp3) is 0.643. The zero-order chi connectivity index (χ0) is 14.1. The van der Waals surface area contributed by atoms with Crippen LogP contribution in [0.1, 0.15) is 17.7 Å². The van der Waals surface area contributed by atoms with Crippen LogP contribution in [-0.4, -0.2) is 40.9 Å². The van der Waals surface area contributed by atoms with Crippen LogP contribution in [0.4, 0.5) is 0 Å². The Bertz CT molecular complexity index is 493. The number of halogens is 1. The molecule has 1 saturated carbocycles. The number of fused-ring (bicyclic) bond motifs is 1. The Morgan fingerprint density at radius 2 is 2.30 bits per heavy atom. The van der Waals surface area contributed by atoms with E-state index < -0.39 is 0 Å². The molecular formula is C14H18ClNO2S2. The molecule has 1 aliphatic carbocycles. The van der Waals surface area contributed by atoms with Gasteiger partial charge in [0.2, 0.25) is 5.91 Å². The largest absolute Gasteiger partial charge is 0.393 e. The Labute approximate surface area is 132 Å². The smallest absolute Gasteiger partial charge is 0.232 e. The lowest BCUT2D eigenvalue weighted by Gasteiger charge is -2.18. The van der Waals surface area contributed by atoms with Crippen LogP contribution in [-0.2, 0) is 10.5 Å². The van der Waals surface area contributed by atoms with Crippen molar-refractivity contribution in [3.8, 4) is 0 Å². The van der Waals surface area contributed by atoms with E-state index >= 15 is 0 Å². The highest BCUT2D eigenvalue weighted by molar-refractivity contribution is 7.99. The molecule has 1 aliphatic heterocycles. The van der Waals surface area contributed by atoms with Gasteiger partial charge in [-0.1, -0.05) is 11.6 Å². The lowest BCUT2D eigenvalue weighted by atomic mass is 10.00. The second kappa shape index (κ2) is 6.26. The van der Waals surface area contributed by atoms with E-state index in [1.165, 1.54) is 4.88 Å². The molecule has 1 N–H and O–H groups in total. The molecule has 20 heavy (non-hydrogen) atoms. The first-order valence-electron chi connectivity index (χ1n) is 6.91. The van der Waals surface area contributed by atoms with Crippen molar-refractivity contribution in [2.24, 2.45) is 11.8 Å². The number of thiophene rings is 1. The Hall–Kier alpha value is -0.230. The maximum Gasteiger partial charge on any atom is 0.232 e. The molecule has 1 aromatic heterocycles. The van der Waals surface area contributed by atoms with E-state index in [9.17, 15) is 9.90 Å². The third kappa shape index (κ3) is 3.16. The molecule has 0 bridgehead atoms. The summed E-state index contributed by atoms with van der Waals surface area (Å²) in [5.41, 5.74) is 0. The standard InChI is InChI=1S/C14H18ClNO2S2/c15-13-4-2-10(20-13)7-19-8-14(18)16-5-9-1-3-12(17)11(9)6-16/h2,4,9,11-12,17H,1,3,5-8H2. The van der Waals surface area contributed by atoms with Gasteiger partial charge in [0.25, 0.3) is 0 Å². The van der Waals surface area contributed by atoms with E-state index in [0.717, 1.165) is 36.0 Å². The van der Waals surface area contributed by atoms with Crippen molar-refractivity contribution in [1.29, 1.82) is 0 Å². The molecular weight excluding hydrogens is 314 g/mol. The number of aliphatic hydroxyl groups is 1. The Kier molecular flexibility index (Phi) is 4.60. The van der Waals surface area contributed by atoms with Crippen molar-refractivity contribution in [2.45, 2.75) is 24.7 Å². The molecule has 1 aromatic rings. The van der Waals surface area contributed by atoms with Crippen LogP contribution in [0.25, 0.3) is 0 Å². The van der Waals surface area contributed by atoms with E-state index in [2.05, 4.69) is 0 Å². The van der Waals surface area contributed by atoms with Gasteiger partial charge in [0.1, 0.15) is 0 Å². The first kappa shape index (κ1) is 14.7. The monoisotopic (exact) mass is 331 g/mol. The van der Waals surface area contributed by atoms with Gasteiger partial charge < -0.3 is 10.0 Å². The van der Waals surface area contributed by atoms with Crippen LogP contribution in [0.5, 0.6) is 0 Å². The number of hydrogen-bond donors (Lipinski definition) is 1. The molecule has 2 aliphatic rings. The van der Waals surface area contributed by atoms with Gasteiger partial charge in [0.15, 0.2) is 0 Å². The van der Waals surface area contributed by atoms with Crippen molar-refractivity contribution < 1.29 is 9.90 Å². The molecule has 1 amide bonds. The number of amides is 1. The SMILES string of the molecule is O=C(CSCc1ccc(Cl)s1)N1CC2CCC(O)C2C1. The number of hydrogen-bond acceptors (Lipinski definition) is 4. The topological polar surface area (TPSA) is 40.5 Å². The van der Waals surface area contributed by atoms with Crippen molar-refractivity contribution in [2.75, 3.05) is 18.8 Å². The Morgan fingerprint density at radius 1 is 1.45 bits per heavy atom. The number of thioether (sulfide) groups is 1. The summed E-state index contributed by atoms with van der Waals surface area (Å²) in [6, 6.07) is 3.91. The lowest BCUT2D eigenvalue weighted by Crippen LogP contribution is -2.32. The normalized spacial score (nSPS) is 28.9. The molecule has 110 valence electrons. The van der Waals surface area contributed by atoms with Crippen molar-refractivity contribution >= 4 is 40.6 Å². The number of nitrogens with zero attached hydrogens (tertiary/aromatic N) is 1. The highest BCUT2D eigenvalue weighted by Crippen LogP contribution is 2.38. The highest BCUT2D eigenvalue weighted by atomic mass is 35.5. The van der Waals surface area contributed by atoms with Crippen LogP contribution < -0.4 is 0 Å². The number of likely N-dealkylation sites (tertiary alicyclic amines) is 1. The minimum absolute atomic E-state index is 0.196. The molecule has 0 spiro atoms. The molecule has 1 saturated heterocycles. The lowest BCUT2D eigenvalue weighted by molar-refractivity contribution is -0.127. The summed E-state index contributed by atoms with van der Waals surface area (Å²) in [6.45, 7) is 1.59. The van der Waals surface area contributed by atoms with Gasteiger partial charge in [0, 0.05) is 29.6 Å². The first-order valence-corrected chi connectivity index (χ1v) is 9.26. The summed E-state index contributed by atoms with van der Waals surface area (Å²) in [4.78, 5) is 15.3. The second-order valence-electron chi connectivity index (χ2n) is 5.57. The third-order valence-electron chi connectivity index (χ3n) is 4.27. The van der Waals surface area contributed by atoms with Gasteiger partial charge in [-0.15, -0.1) is 23.1 Å². The van der Waals surface area contributed by atoms with Crippen LogP contribution in [0.2, 0.25) is 4.34 Å². The quantitative estimate of drug-likeness (QED) is 0.922. The minimum atomic E-state index is -0.196. The number of aliphatic hydroxyl groups excluding tert-OH is 1. The highest BCUT2D eigenvalue weighted by Gasteiger charge is 2.43. The molecule has 3 nitrogen and oxygen atoms in total. The van der Waals surface area contributed by atoms with E-state index in [1.54, 1.807) is 23.1 Å². The molecule has 2 fully saturated rings. The zero-order valence-corrected chi connectivity index (χ0v) is 13.5. The minimum Gasteiger partial charge on any atom is -0.393 e. The van der Waals surface area contributed by atoms with E-state index in [1.807, 2.05) is 17.0 Å². The van der Waals surface area contributed by atoms with E-state index in [0.29, 0.717) is 17.6 Å². The van der Waals surface area contributed by atoms with Crippen LogP contribution in [0.15, 0.2) is 12.1 Å². The summed E-state index contributed by atoms with van der Waals surface area (Å²) in [5.74, 6) is 2.41. The number of rotatable bonds is 4. The Balaban J connectivity index is 1.44. The number of carbonyl (C=O) groups is 1. The molecule has 0 aromatic carbocycles. The Morgan fingerprint density at radius 3 is 3.00 bits per heavy atom. The van der Waals surface area contributed by atoms with Gasteiger partial charge >= 0.3 is 0 Å². The van der Waals surface area contributed by atoms with Crippen LogP contribution in [0.3, 0.4) is 0 Å². The summed E-state index contributed by atoms with van der Waals surface area (Å²) < 4.78 is 0.799. The predicted octanol–water partition coefficient (Wildman–Crippen LogP) is 2.86. The third-order valence-corrected chi connectivity index (χ3v) is 6.65. The van der Waals surface area contributed by atoms with E-state index in [4.69, 9.17) is 11.6 Å². The number of carbonyl (C=O) groups excluding carboxylic acids is 1. The van der Waals surface area contributed by atoms with Gasteiger partial charge in [0.05, 0.1) is 16.2 Å². The van der Waals surface area contributed by atoms with Gasteiger partial charge in [-0.2, -0.15) is 0 Å². The molecule has 2 heterocycles. The van der Waals surface area contributed by atoms with Gasteiger partial charge in [-0.05, 0) is 30.9 Å². The van der Waals surface area contributed by atoms with Crippen LogP contribution >= 0.6 is 34.7 Å². The van der Waals surface area contributed by atoms with Crippen molar-refractivity contribution in [3.63, 3.8) is 0 Å². The molecule has 3 rings (SSSR count). The second-order valence-corrected chi connectivity index (χ2v) is 8.35. The summed E-state index contributed by atoms with van der Waals surface area (Å²) in [6.07, 6.45) is 1.78. The summed E-state index contributed by atoms with van der Waals surface area (Å²) in [5, 5.41) is 9.87. The maximum atomic E-state index is 12.2. The first-order chi connectivity index (χ1) is 9.63. The summed E-state index contributed by atoms with van der Waals surface area (Å²) >= 11 is 9.10. The van der Waals surface area contributed by atoms with E-state index in [-0.39, 0.29) is 12.0 Å². The van der Waals surface area contributed by atoms with Crippen LogP contribution in [0, 0.1) is 11.8 Å². The molecule has 0 radical (unpaired) electrons. The molecule has 6 heteroatoms. The zero-order valence-electron chi connectivity index (χ0n) is 11.1. The average molecular weight is 332 g/mol. The van der Waals surface area contributed by atoms with Gasteiger partial charge in [-0.25, -0.2) is 0 Å². The summed E-state index contributed by atoms with van der Waals surface area (Å²) in [7, 11) is 0. The average Bonchev–Trinajstić information content (AvgIpc) is 3.08. The fourth-order valence-electron chi connectivity index (χ4n) is 3.20. The maximum absolute atomic E-state index is 12.2.